The van der Waals surface area contributed by atoms with Crippen molar-refractivity contribution in [1.29, 1.82) is 5.26 Å². The summed E-state index contributed by atoms with van der Waals surface area (Å²) in [7, 11) is 0. The highest BCUT2D eigenvalue weighted by molar-refractivity contribution is 8.18. The monoisotopic (exact) mass is 390 g/mol. The molecule has 1 fully saturated rings. The first-order chi connectivity index (χ1) is 12.8. The Bertz CT molecular complexity index is 992. The molecule has 2 aromatic carbocycles. The number of benzene rings is 2. The molecule has 5 nitrogen and oxygen atoms in total. The summed E-state index contributed by atoms with van der Waals surface area (Å²) in [6, 6.07) is 10.8. The number of thioether (sulfide) groups is 1. The van der Waals surface area contributed by atoms with Gasteiger partial charge in [0.2, 0.25) is 0 Å². The van der Waals surface area contributed by atoms with Gasteiger partial charge in [-0.1, -0.05) is 12.1 Å². The topological polar surface area (TPSA) is 79.2 Å². The maximum Gasteiger partial charge on any atom is 0.417 e. The minimum atomic E-state index is -4.67. The molecule has 1 aliphatic rings. The highest BCUT2D eigenvalue weighted by Crippen LogP contribution is 2.35. The lowest BCUT2D eigenvalue weighted by molar-refractivity contribution is -0.137. The van der Waals surface area contributed by atoms with Crippen LogP contribution in [0.3, 0.4) is 0 Å². The van der Waals surface area contributed by atoms with E-state index in [0.29, 0.717) is 5.56 Å². The molecule has 0 bridgehead atoms. The zero-order chi connectivity index (χ0) is 19.6. The van der Waals surface area contributed by atoms with Crippen LogP contribution < -0.4 is 10.1 Å². The third-order valence-corrected chi connectivity index (χ3v) is 4.28. The number of hydrogen-bond acceptors (Lipinski definition) is 5. The molecule has 27 heavy (non-hydrogen) atoms. The van der Waals surface area contributed by atoms with E-state index in [4.69, 9.17) is 10.00 Å². The van der Waals surface area contributed by atoms with E-state index in [2.05, 4.69) is 5.32 Å². The van der Waals surface area contributed by atoms with E-state index in [1.165, 1.54) is 30.3 Å². The second-order valence-corrected chi connectivity index (χ2v) is 6.36. The minimum absolute atomic E-state index is 0.0660. The van der Waals surface area contributed by atoms with Crippen LogP contribution in [0.1, 0.15) is 16.7 Å². The fourth-order valence-corrected chi connectivity index (χ4v) is 2.94. The van der Waals surface area contributed by atoms with E-state index < -0.39 is 28.4 Å². The molecule has 0 saturated carbocycles. The van der Waals surface area contributed by atoms with Crippen molar-refractivity contribution >= 4 is 29.0 Å². The van der Waals surface area contributed by atoms with Gasteiger partial charge >= 0.3 is 6.18 Å². The largest absolute Gasteiger partial charge is 0.457 e. The van der Waals surface area contributed by atoms with E-state index in [9.17, 15) is 22.8 Å². The number of hydrogen-bond donors (Lipinski definition) is 1. The van der Waals surface area contributed by atoms with Gasteiger partial charge in [0.25, 0.3) is 11.1 Å². The van der Waals surface area contributed by atoms with E-state index in [1.807, 2.05) is 0 Å². The van der Waals surface area contributed by atoms with Crippen LogP contribution in [0.4, 0.5) is 18.0 Å². The van der Waals surface area contributed by atoms with Crippen molar-refractivity contribution in [2.24, 2.45) is 0 Å². The molecule has 1 aliphatic heterocycles. The molecule has 1 saturated heterocycles. The van der Waals surface area contributed by atoms with E-state index in [0.717, 1.165) is 23.9 Å². The van der Waals surface area contributed by atoms with Gasteiger partial charge in [-0.25, -0.2) is 0 Å². The van der Waals surface area contributed by atoms with Crippen molar-refractivity contribution in [2.45, 2.75) is 6.18 Å². The van der Waals surface area contributed by atoms with Crippen LogP contribution in [0.25, 0.3) is 6.08 Å². The number of alkyl halides is 3. The zero-order valence-corrected chi connectivity index (χ0v) is 14.1. The van der Waals surface area contributed by atoms with E-state index in [1.54, 1.807) is 12.1 Å². The number of imide groups is 1. The molecule has 0 aromatic heterocycles. The van der Waals surface area contributed by atoms with Crippen molar-refractivity contribution in [1.82, 2.24) is 5.32 Å². The second-order valence-electron chi connectivity index (χ2n) is 5.34. The fourth-order valence-electron chi connectivity index (χ4n) is 2.26. The molecule has 0 radical (unpaired) electrons. The first-order valence-corrected chi connectivity index (χ1v) is 8.22. The Morgan fingerprint density at radius 3 is 2.30 bits per heavy atom. The van der Waals surface area contributed by atoms with Crippen LogP contribution in [0.2, 0.25) is 0 Å². The molecule has 1 N–H and O–H groups in total. The molecule has 0 spiro atoms. The van der Waals surface area contributed by atoms with Gasteiger partial charge in [0, 0.05) is 0 Å². The lowest BCUT2D eigenvalue weighted by Gasteiger charge is -2.11. The van der Waals surface area contributed by atoms with Gasteiger partial charge in [0.05, 0.1) is 22.1 Å². The number of nitriles is 1. The maximum atomic E-state index is 13.0. The lowest BCUT2D eigenvalue weighted by atomic mass is 10.1. The van der Waals surface area contributed by atoms with Crippen LogP contribution in [-0.2, 0) is 11.0 Å². The third-order valence-electron chi connectivity index (χ3n) is 3.47. The molecule has 0 unspecified atom stereocenters. The summed E-state index contributed by atoms with van der Waals surface area (Å²) in [5.41, 5.74) is -0.943. The van der Waals surface area contributed by atoms with Crippen molar-refractivity contribution in [3.05, 3.63) is 64.1 Å². The number of halogens is 3. The Labute approximate surface area is 155 Å². The predicted molar refractivity (Wildman–Crippen MR) is 91.8 cm³/mol. The SMILES string of the molecule is N#Cc1ccc(Oc2ccc(C=C3SC(=O)NC3=O)cc2)cc1C(F)(F)F. The van der Waals surface area contributed by atoms with Gasteiger partial charge in [0.15, 0.2) is 0 Å². The molecular formula is C18H9F3N2O3S. The Morgan fingerprint density at radius 1 is 1.07 bits per heavy atom. The molecule has 0 aliphatic carbocycles. The Hall–Kier alpha value is -3.25. The van der Waals surface area contributed by atoms with Crippen LogP contribution in [-0.4, -0.2) is 11.1 Å². The second kappa shape index (κ2) is 7.17. The smallest absolute Gasteiger partial charge is 0.417 e. The standard InChI is InChI=1S/C18H9F3N2O3S/c19-18(20,21)14-8-13(6-3-11(14)9-22)26-12-4-1-10(2-5-12)7-15-16(24)23-17(25)27-15/h1-8H,(H,23,24,25). The van der Waals surface area contributed by atoms with Crippen molar-refractivity contribution < 1.29 is 27.5 Å². The van der Waals surface area contributed by atoms with Crippen LogP contribution >= 0.6 is 11.8 Å². The number of carbonyl (C=O) groups is 2. The zero-order valence-electron chi connectivity index (χ0n) is 13.3. The van der Waals surface area contributed by atoms with Gasteiger partial charge in [-0.3, -0.25) is 14.9 Å². The number of amides is 2. The molecule has 136 valence electrons. The van der Waals surface area contributed by atoms with Gasteiger partial charge in [-0.2, -0.15) is 18.4 Å². The average Bonchev–Trinajstić information content (AvgIpc) is 2.93. The van der Waals surface area contributed by atoms with Crippen molar-refractivity contribution in [3.63, 3.8) is 0 Å². The molecule has 2 aromatic rings. The Kier molecular flexibility index (Phi) is 4.92. The predicted octanol–water partition coefficient (Wildman–Crippen LogP) is 4.69. The van der Waals surface area contributed by atoms with Crippen LogP contribution in [0.5, 0.6) is 11.5 Å². The van der Waals surface area contributed by atoms with E-state index >= 15 is 0 Å². The lowest BCUT2D eigenvalue weighted by Crippen LogP contribution is -2.17. The Morgan fingerprint density at radius 2 is 1.74 bits per heavy atom. The summed E-state index contributed by atoms with van der Waals surface area (Å²) in [6.45, 7) is 0. The highest BCUT2D eigenvalue weighted by Gasteiger charge is 2.34. The van der Waals surface area contributed by atoms with Gasteiger partial charge in [-0.15, -0.1) is 0 Å². The third kappa shape index (κ3) is 4.30. The number of nitrogens with one attached hydrogen (secondary N) is 1. The maximum absolute atomic E-state index is 13.0. The van der Waals surface area contributed by atoms with E-state index in [-0.39, 0.29) is 16.4 Å². The summed E-state index contributed by atoms with van der Waals surface area (Å²) in [5.74, 6) is -0.277. The van der Waals surface area contributed by atoms with Crippen LogP contribution in [0, 0.1) is 11.3 Å². The normalized spacial score (nSPS) is 15.6. The summed E-state index contributed by atoms with van der Waals surface area (Å²) >= 11 is 0.780. The highest BCUT2D eigenvalue weighted by atomic mass is 32.2. The summed E-state index contributed by atoms with van der Waals surface area (Å²) < 4.78 is 44.4. The van der Waals surface area contributed by atoms with Gasteiger partial charge in [-0.05, 0) is 53.7 Å². The molecule has 3 rings (SSSR count). The summed E-state index contributed by atoms with van der Waals surface area (Å²) in [6.07, 6.45) is -3.16. The van der Waals surface area contributed by atoms with Crippen molar-refractivity contribution in [3.8, 4) is 17.6 Å². The number of carbonyl (C=O) groups excluding carboxylic acids is 2. The summed E-state index contributed by atoms with van der Waals surface area (Å²) in [5, 5.41) is 10.5. The number of ether oxygens (including phenoxy) is 1. The molecule has 9 heteroatoms. The minimum Gasteiger partial charge on any atom is -0.457 e. The van der Waals surface area contributed by atoms with Crippen LogP contribution in [0.15, 0.2) is 47.4 Å². The quantitative estimate of drug-likeness (QED) is 0.769. The summed E-state index contributed by atoms with van der Waals surface area (Å²) in [4.78, 5) is 22.9. The molecule has 1 heterocycles. The van der Waals surface area contributed by atoms with Crippen molar-refractivity contribution in [2.75, 3.05) is 0 Å². The first-order valence-electron chi connectivity index (χ1n) is 7.40. The first kappa shape index (κ1) is 18.5. The van der Waals surface area contributed by atoms with Gasteiger partial charge < -0.3 is 4.74 Å². The van der Waals surface area contributed by atoms with Gasteiger partial charge in [0.1, 0.15) is 11.5 Å². The Balaban J connectivity index is 1.79. The number of nitrogens with zero attached hydrogens (tertiary/aromatic N) is 1. The molecule has 2 amide bonds. The fraction of sp³-hybridized carbons (Fsp3) is 0.0556. The average molecular weight is 390 g/mol. The molecule has 0 atom stereocenters. The number of rotatable bonds is 3. The molecular weight excluding hydrogens is 381 g/mol.